The zero-order valence-electron chi connectivity index (χ0n) is 15.0. The molecule has 7 heteroatoms. The maximum absolute atomic E-state index is 11.9. The monoisotopic (exact) mass is 390 g/mol. The first kappa shape index (κ1) is 20.7. The van der Waals surface area contributed by atoms with Gasteiger partial charge in [-0.2, -0.15) is 0 Å². The van der Waals surface area contributed by atoms with Gasteiger partial charge in [-0.3, -0.25) is 4.79 Å². The molecule has 0 saturated heterocycles. The van der Waals surface area contributed by atoms with Crippen molar-refractivity contribution >= 4 is 24.5 Å². The summed E-state index contributed by atoms with van der Waals surface area (Å²) in [7, 11) is 0. The minimum atomic E-state index is -0.925. The summed E-state index contributed by atoms with van der Waals surface area (Å²) in [5, 5.41) is 14.2. The largest absolute Gasteiger partial charge is 0.480 e. The molecule has 0 aromatic heterocycles. The van der Waals surface area contributed by atoms with Gasteiger partial charge in [0.2, 0.25) is 0 Å². The molecule has 3 rings (SSSR count). The molecule has 1 aliphatic rings. The van der Waals surface area contributed by atoms with Crippen LogP contribution in [0.1, 0.15) is 24.0 Å². The molecular formula is C20H23ClN2O4. The average Bonchev–Trinajstić information content (AvgIpc) is 2.97. The van der Waals surface area contributed by atoms with E-state index in [1.54, 1.807) is 6.92 Å². The highest BCUT2D eigenvalue weighted by molar-refractivity contribution is 5.85. The Morgan fingerprint density at radius 3 is 2.15 bits per heavy atom. The van der Waals surface area contributed by atoms with E-state index < -0.39 is 18.1 Å². The van der Waals surface area contributed by atoms with Crippen LogP contribution in [0.25, 0.3) is 11.1 Å². The lowest BCUT2D eigenvalue weighted by Crippen LogP contribution is -2.39. The summed E-state index contributed by atoms with van der Waals surface area (Å²) in [6.07, 6.45) is -0.503. The molecule has 0 aliphatic heterocycles. The highest BCUT2D eigenvalue weighted by atomic mass is 35.5. The Hall–Kier alpha value is -2.57. The van der Waals surface area contributed by atoms with Crippen LogP contribution in [0.5, 0.6) is 0 Å². The standard InChI is InChI=1S/C20H22N2O4.ClH/c1-13(19(23)24)21-10-11-22-20(25)26-12-18-16-8-4-2-6-14(16)15-7-3-5-9-17(15)18;/h2-9,13,18,21H,10-12H2,1H3,(H,22,25)(H,23,24);1H. The van der Waals surface area contributed by atoms with Gasteiger partial charge in [0.15, 0.2) is 0 Å². The number of rotatable bonds is 7. The second-order valence-corrected chi connectivity index (χ2v) is 6.27. The summed E-state index contributed by atoms with van der Waals surface area (Å²) in [5.74, 6) is -0.899. The summed E-state index contributed by atoms with van der Waals surface area (Å²) in [5.41, 5.74) is 4.70. The van der Waals surface area contributed by atoms with E-state index >= 15 is 0 Å². The molecule has 0 spiro atoms. The molecule has 1 amide bonds. The molecule has 0 radical (unpaired) electrons. The van der Waals surface area contributed by atoms with Gasteiger partial charge in [-0.05, 0) is 29.2 Å². The first-order valence-electron chi connectivity index (χ1n) is 8.63. The lowest BCUT2D eigenvalue weighted by atomic mass is 9.98. The van der Waals surface area contributed by atoms with Crippen LogP contribution in [0.2, 0.25) is 0 Å². The number of hydrogen-bond donors (Lipinski definition) is 3. The summed E-state index contributed by atoms with van der Waals surface area (Å²) in [6.45, 7) is 2.47. The number of hydrogen-bond acceptors (Lipinski definition) is 4. The van der Waals surface area contributed by atoms with Gasteiger partial charge in [0.25, 0.3) is 0 Å². The van der Waals surface area contributed by atoms with Crippen LogP contribution < -0.4 is 10.6 Å². The fourth-order valence-electron chi connectivity index (χ4n) is 3.19. The number of aliphatic carboxylic acids is 1. The van der Waals surface area contributed by atoms with Crippen LogP contribution in [0.4, 0.5) is 4.79 Å². The SMILES string of the molecule is CC(NCCNC(=O)OCC1c2ccccc2-c2ccccc21)C(=O)O.Cl. The zero-order chi connectivity index (χ0) is 18.5. The van der Waals surface area contributed by atoms with Gasteiger partial charge < -0.3 is 20.5 Å². The molecule has 2 aromatic carbocycles. The van der Waals surface area contributed by atoms with Crippen molar-refractivity contribution in [2.45, 2.75) is 18.9 Å². The van der Waals surface area contributed by atoms with Crippen LogP contribution in [-0.4, -0.2) is 42.9 Å². The normalized spacial score (nSPS) is 13.1. The molecule has 1 aliphatic carbocycles. The first-order chi connectivity index (χ1) is 12.6. The second-order valence-electron chi connectivity index (χ2n) is 6.27. The third kappa shape index (κ3) is 4.78. The predicted octanol–water partition coefficient (Wildman–Crippen LogP) is 3.01. The van der Waals surface area contributed by atoms with E-state index in [4.69, 9.17) is 9.84 Å². The van der Waals surface area contributed by atoms with Gasteiger partial charge in [0.05, 0.1) is 0 Å². The van der Waals surface area contributed by atoms with Crippen molar-refractivity contribution in [3.63, 3.8) is 0 Å². The van der Waals surface area contributed by atoms with Crippen LogP contribution in [0.15, 0.2) is 48.5 Å². The number of ether oxygens (including phenoxy) is 1. The number of carboxylic acids is 1. The highest BCUT2D eigenvalue weighted by Crippen LogP contribution is 2.44. The van der Waals surface area contributed by atoms with E-state index in [0.29, 0.717) is 13.1 Å². The number of carboxylic acid groups (broad SMARTS) is 1. The predicted molar refractivity (Wildman–Crippen MR) is 105 cm³/mol. The molecule has 6 nitrogen and oxygen atoms in total. The number of carbonyl (C=O) groups excluding carboxylic acids is 1. The molecule has 0 bridgehead atoms. The second kappa shape index (κ2) is 9.39. The Kier molecular flexibility index (Phi) is 7.21. The smallest absolute Gasteiger partial charge is 0.407 e. The Morgan fingerprint density at radius 1 is 1.04 bits per heavy atom. The molecular weight excluding hydrogens is 368 g/mol. The number of amides is 1. The van der Waals surface area contributed by atoms with Crippen molar-refractivity contribution in [3.05, 3.63) is 59.7 Å². The zero-order valence-corrected chi connectivity index (χ0v) is 15.8. The molecule has 1 atom stereocenters. The van der Waals surface area contributed by atoms with Crippen molar-refractivity contribution in [2.75, 3.05) is 19.7 Å². The lowest BCUT2D eigenvalue weighted by Gasteiger charge is -2.15. The van der Waals surface area contributed by atoms with Crippen LogP contribution in [0.3, 0.4) is 0 Å². The molecule has 0 heterocycles. The lowest BCUT2D eigenvalue weighted by molar-refractivity contribution is -0.138. The van der Waals surface area contributed by atoms with Crippen molar-refractivity contribution in [1.82, 2.24) is 10.6 Å². The maximum atomic E-state index is 11.9. The van der Waals surface area contributed by atoms with Gasteiger partial charge in [0.1, 0.15) is 12.6 Å². The van der Waals surface area contributed by atoms with Gasteiger partial charge in [-0.15, -0.1) is 12.4 Å². The van der Waals surface area contributed by atoms with Crippen molar-refractivity contribution in [2.24, 2.45) is 0 Å². The highest BCUT2D eigenvalue weighted by Gasteiger charge is 2.28. The van der Waals surface area contributed by atoms with Crippen LogP contribution in [-0.2, 0) is 9.53 Å². The minimum absolute atomic E-state index is 0. The summed E-state index contributed by atoms with van der Waals surface area (Å²) in [4.78, 5) is 22.6. The van der Waals surface area contributed by atoms with E-state index in [1.165, 1.54) is 22.3 Å². The van der Waals surface area contributed by atoms with Gasteiger partial charge in [0, 0.05) is 19.0 Å². The fraction of sp³-hybridized carbons (Fsp3) is 0.300. The Balaban J connectivity index is 0.00000261. The summed E-state index contributed by atoms with van der Waals surface area (Å²) in [6, 6.07) is 15.7. The van der Waals surface area contributed by atoms with E-state index in [0.717, 1.165) is 0 Å². The maximum Gasteiger partial charge on any atom is 0.407 e. The third-order valence-corrected chi connectivity index (χ3v) is 4.56. The molecule has 0 saturated carbocycles. The minimum Gasteiger partial charge on any atom is -0.480 e. The van der Waals surface area contributed by atoms with Gasteiger partial charge >= 0.3 is 12.1 Å². The number of alkyl carbamates (subject to hydrolysis) is 1. The number of benzene rings is 2. The number of nitrogens with one attached hydrogen (secondary N) is 2. The van der Waals surface area contributed by atoms with Crippen molar-refractivity contribution in [1.29, 1.82) is 0 Å². The van der Waals surface area contributed by atoms with Gasteiger partial charge in [-0.25, -0.2) is 4.79 Å². The number of carbonyl (C=O) groups is 2. The van der Waals surface area contributed by atoms with Gasteiger partial charge in [-0.1, -0.05) is 48.5 Å². The van der Waals surface area contributed by atoms with Crippen molar-refractivity contribution in [3.8, 4) is 11.1 Å². The molecule has 1 unspecified atom stereocenters. The Morgan fingerprint density at radius 2 is 1.59 bits per heavy atom. The topological polar surface area (TPSA) is 87.7 Å². The number of fused-ring (bicyclic) bond motifs is 3. The summed E-state index contributed by atoms with van der Waals surface area (Å²) >= 11 is 0. The van der Waals surface area contributed by atoms with E-state index in [1.807, 2.05) is 24.3 Å². The molecule has 27 heavy (non-hydrogen) atoms. The molecule has 3 N–H and O–H groups in total. The van der Waals surface area contributed by atoms with Crippen LogP contribution >= 0.6 is 12.4 Å². The average molecular weight is 391 g/mol. The van der Waals surface area contributed by atoms with E-state index in [9.17, 15) is 9.59 Å². The quantitative estimate of drug-likeness (QED) is 0.632. The van der Waals surface area contributed by atoms with Crippen LogP contribution in [0, 0.1) is 0 Å². The summed E-state index contributed by atoms with van der Waals surface area (Å²) < 4.78 is 5.40. The van der Waals surface area contributed by atoms with Crippen molar-refractivity contribution < 1.29 is 19.4 Å². The molecule has 2 aromatic rings. The Bertz CT molecular complexity index is 767. The molecule has 0 fully saturated rings. The third-order valence-electron chi connectivity index (χ3n) is 4.56. The Labute approximate surface area is 164 Å². The van der Waals surface area contributed by atoms with E-state index in [2.05, 4.69) is 34.9 Å². The fourth-order valence-corrected chi connectivity index (χ4v) is 3.19. The molecule has 144 valence electrons. The number of halogens is 1. The van der Waals surface area contributed by atoms with E-state index in [-0.39, 0.29) is 24.9 Å². The first-order valence-corrected chi connectivity index (χ1v) is 8.63.